The molecule has 0 aliphatic carbocycles. The average Bonchev–Trinajstić information content (AvgIpc) is 3.25. The zero-order chi connectivity index (χ0) is 17.1. The highest BCUT2D eigenvalue weighted by atomic mass is 16.2. The van der Waals surface area contributed by atoms with E-state index in [1.807, 2.05) is 31.0 Å². The predicted octanol–water partition coefficient (Wildman–Crippen LogP) is 1.15. The number of hydrogen-bond donors (Lipinski definition) is 1. The van der Waals surface area contributed by atoms with Gasteiger partial charge in [0.15, 0.2) is 0 Å². The first kappa shape index (κ1) is 16.5. The highest BCUT2D eigenvalue weighted by Gasteiger charge is 2.30. The Morgan fingerprint density at radius 1 is 1.38 bits per heavy atom. The molecule has 0 saturated carbocycles. The zero-order valence-corrected chi connectivity index (χ0v) is 14.2. The van der Waals surface area contributed by atoms with Crippen molar-refractivity contribution in [2.24, 2.45) is 0 Å². The maximum atomic E-state index is 12.8. The van der Waals surface area contributed by atoms with Crippen LogP contribution in [0.2, 0.25) is 0 Å². The van der Waals surface area contributed by atoms with Gasteiger partial charge in [-0.2, -0.15) is 10.2 Å². The molecular formula is C16H24N6O2. The van der Waals surface area contributed by atoms with Crippen molar-refractivity contribution in [3.63, 3.8) is 0 Å². The number of H-pyrrole nitrogens is 1. The molecule has 1 amide bonds. The molecule has 1 aliphatic heterocycles. The van der Waals surface area contributed by atoms with Crippen LogP contribution < -0.4 is 5.69 Å². The lowest BCUT2D eigenvalue weighted by molar-refractivity contribution is -0.136. The van der Waals surface area contributed by atoms with E-state index in [1.165, 1.54) is 0 Å². The predicted molar refractivity (Wildman–Crippen MR) is 88.6 cm³/mol. The number of carbonyl (C=O) groups excluding carboxylic acids is 1. The molecule has 1 fully saturated rings. The SMILES string of the molecule is CC[C@@H](C(=O)N1CCC(c2n[nH]c(=O)n2CC)CC1)n1cccn1. The van der Waals surface area contributed by atoms with Crippen LogP contribution in [-0.4, -0.2) is 48.4 Å². The molecule has 130 valence electrons. The summed E-state index contributed by atoms with van der Waals surface area (Å²) in [5.41, 5.74) is -0.157. The van der Waals surface area contributed by atoms with Gasteiger partial charge in [-0.05, 0) is 32.3 Å². The molecule has 2 aromatic heterocycles. The van der Waals surface area contributed by atoms with Gasteiger partial charge in [-0.3, -0.25) is 14.0 Å². The molecule has 1 N–H and O–H groups in total. The number of likely N-dealkylation sites (tertiary alicyclic amines) is 1. The number of piperidine rings is 1. The number of aromatic nitrogens is 5. The minimum Gasteiger partial charge on any atom is -0.341 e. The Kier molecular flexibility index (Phi) is 4.82. The summed E-state index contributed by atoms with van der Waals surface area (Å²) in [4.78, 5) is 26.4. The van der Waals surface area contributed by atoms with E-state index >= 15 is 0 Å². The van der Waals surface area contributed by atoms with Crippen LogP contribution in [0.4, 0.5) is 0 Å². The van der Waals surface area contributed by atoms with Crippen molar-refractivity contribution in [3.8, 4) is 0 Å². The maximum Gasteiger partial charge on any atom is 0.343 e. The van der Waals surface area contributed by atoms with E-state index in [1.54, 1.807) is 15.4 Å². The Balaban J connectivity index is 1.66. The molecule has 8 heteroatoms. The summed E-state index contributed by atoms with van der Waals surface area (Å²) < 4.78 is 3.41. The third-order valence-electron chi connectivity index (χ3n) is 4.79. The van der Waals surface area contributed by atoms with Crippen LogP contribution >= 0.6 is 0 Å². The van der Waals surface area contributed by atoms with Gasteiger partial charge in [-0.15, -0.1) is 0 Å². The molecule has 8 nitrogen and oxygen atoms in total. The third-order valence-corrected chi connectivity index (χ3v) is 4.79. The lowest BCUT2D eigenvalue weighted by Crippen LogP contribution is -2.42. The van der Waals surface area contributed by atoms with Gasteiger partial charge < -0.3 is 4.90 Å². The third kappa shape index (κ3) is 3.00. The fraction of sp³-hybridized carbons (Fsp3) is 0.625. The van der Waals surface area contributed by atoms with Crippen LogP contribution in [-0.2, 0) is 11.3 Å². The van der Waals surface area contributed by atoms with Gasteiger partial charge in [-0.25, -0.2) is 9.89 Å². The number of hydrogen-bond acceptors (Lipinski definition) is 4. The molecule has 1 saturated heterocycles. The van der Waals surface area contributed by atoms with Gasteiger partial charge in [0.25, 0.3) is 0 Å². The molecular weight excluding hydrogens is 308 g/mol. The van der Waals surface area contributed by atoms with E-state index in [9.17, 15) is 9.59 Å². The van der Waals surface area contributed by atoms with E-state index in [2.05, 4.69) is 15.3 Å². The topological polar surface area (TPSA) is 88.8 Å². The fourth-order valence-electron chi connectivity index (χ4n) is 3.46. The smallest absolute Gasteiger partial charge is 0.341 e. The van der Waals surface area contributed by atoms with Gasteiger partial charge in [-0.1, -0.05) is 6.92 Å². The van der Waals surface area contributed by atoms with Gasteiger partial charge in [0.2, 0.25) is 5.91 Å². The second kappa shape index (κ2) is 7.02. The van der Waals surface area contributed by atoms with Crippen molar-refractivity contribution in [2.45, 2.75) is 51.6 Å². The highest BCUT2D eigenvalue weighted by molar-refractivity contribution is 5.80. The van der Waals surface area contributed by atoms with Crippen LogP contribution in [0.15, 0.2) is 23.3 Å². The highest BCUT2D eigenvalue weighted by Crippen LogP contribution is 2.27. The molecule has 1 atom stereocenters. The number of aromatic amines is 1. The van der Waals surface area contributed by atoms with Crippen LogP contribution in [0.25, 0.3) is 0 Å². The van der Waals surface area contributed by atoms with E-state index in [-0.39, 0.29) is 23.6 Å². The molecule has 3 heterocycles. The molecule has 2 aromatic rings. The molecule has 0 bridgehead atoms. The van der Waals surface area contributed by atoms with Crippen molar-refractivity contribution in [2.75, 3.05) is 13.1 Å². The van der Waals surface area contributed by atoms with Gasteiger partial charge >= 0.3 is 5.69 Å². The minimum absolute atomic E-state index is 0.120. The van der Waals surface area contributed by atoms with Crippen molar-refractivity contribution in [3.05, 3.63) is 34.8 Å². The van der Waals surface area contributed by atoms with Crippen LogP contribution in [0.3, 0.4) is 0 Å². The Morgan fingerprint density at radius 2 is 2.12 bits per heavy atom. The number of nitrogens with one attached hydrogen (secondary N) is 1. The normalized spacial score (nSPS) is 17.2. The van der Waals surface area contributed by atoms with Crippen LogP contribution in [0.5, 0.6) is 0 Å². The molecule has 3 rings (SSSR count). The summed E-state index contributed by atoms with van der Waals surface area (Å²) in [5, 5.41) is 10.9. The van der Waals surface area contributed by atoms with Gasteiger partial charge in [0, 0.05) is 37.9 Å². The summed E-state index contributed by atoms with van der Waals surface area (Å²) in [5.74, 6) is 1.15. The Labute approximate surface area is 140 Å². The molecule has 0 radical (unpaired) electrons. The minimum atomic E-state index is -0.240. The lowest BCUT2D eigenvalue weighted by atomic mass is 9.95. The number of nitrogens with zero attached hydrogens (tertiary/aromatic N) is 5. The second-order valence-corrected chi connectivity index (χ2v) is 6.14. The van der Waals surface area contributed by atoms with Crippen molar-refractivity contribution < 1.29 is 4.79 Å². The monoisotopic (exact) mass is 332 g/mol. The van der Waals surface area contributed by atoms with E-state index in [0.29, 0.717) is 19.6 Å². The van der Waals surface area contributed by atoms with Crippen molar-refractivity contribution in [1.29, 1.82) is 0 Å². The maximum absolute atomic E-state index is 12.8. The average molecular weight is 332 g/mol. The standard InChI is InChI=1S/C16H24N6O2/c1-3-13(22-9-5-8-17-22)15(23)20-10-6-12(7-11-20)14-18-19-16(24)21(14)4-2/h5,8-9,12-13H,3-4,6-7,10-11H2,1-2H3,(H,19,24)/t13-/m0/s1. The first-order chi connectivity index (χ1) is 11.7. The number of rotatable bonds is 5. The van der Waals surface area contributed by atoms with Gasteiger partial charge in [0.05, 0.1) is 0 Å². The fourth-order valence-corrected chi connectivity index (χ4v) is 3.46. The summed E-state index contributed by atoms with van der Waals surface area (Å²) >= 11 is 0. The van der Waals surface area contributed by atoms with Crippen molar-refractivity contribution in [1.82, 2.24) is 29.4 Å². The molecule has 1 aliphatic rings. The quantitative estimate of drug-likeness (QED) is 0.889. The first-order valence-electron chi connectivity index (χ1n) is 8.58. The first-order valence-corrected chi connectivity index (χ1v) is 8.58. The summed E-state index contributed by atoms with van der Waals surface area (Å²) in [6.45, 7) is 5.93. The largest absolute Gasteiger partial charge is 0.343 e. The molecule has 0 unspecified atom stereocenters. The Hall–Kier alpha value is -2.38. The lowest BCUT2D eigenvalue weighted by Gasteiger charge is -2.33. The zero-order valence-electron chi connectivity index (χ0n) is 14.2. The molecule has 0 spiro atoms. The molecule has 0 aromatic carbocycles. The second-order valence-electron chi connectivity index (χ2n) is 6.14. The Bertz CT molecular complexity index is 724. The summed E-state index contributed by atoms with van der Waals surface area (Å²) in [7, 11) is 0. The summed E-state index contributed by atoms with van der Waals surface area (Å²) in [6.07, 6.45) is 5.90. The van der Waals surface area contributed by atoms with Crippen molar-refractivity contribution >= 4 is 5.91 Å². The van der Waals surface area contributed by atoms with Gasteiger partial charge in [0.1, 0.15) is 11.9 Å². The van der Waals surface area contributed by atoms with Crippen LogP contribution in [0, 0.1) is 0 Å². The van der Waals surface area contributed by atoms with E-state index in [0.717, 1.165) is 25.1 Å². The van der Waals surface area contributed by atoms with Crippen LogP contribution in [0.1, 0.15) is 50.9 Å². The van der Waals surface area contributed by atoms with E-state index in [4.69, 9.17) is 0 Å². The number of carbonyl (C=O) groups is 1. The summed E-state index contributed by atoms with van der Waals surface area (Å²) in [6, 6.07) is 1.60. The Morgan fingerprint density at radius 3 is 2.71 bits per heavy atom. The number of amides is 1. The van der Waals surface area contributed by atoms with E-state index < -0.39 is 0 Å². The molecule has 24 heavy (non-hydrogen) atoms.